The number of para-hydroxylation sites is 1. The number of ether oxygens (including phenoxy) is 1. The maximum Gasteiger partial charge on any atom is 0.264 e. The molecular weight excluding hydrogens is 303 g/mol. The van der Waals surface area contributed by atoms with Crippen LogP contribution >= 0.6 is 0 Å². The summed E-state index contributed by atoms with van der Waals surface area (Å²) in [6.07, 6.45) is 1.80. The van der Waals surface area contributed by atoms with E-state index in [1.165, 1.54) is 33.9 Å². The lowest BCUT2D eigenvalue weighted by atomic mass is 10.3. The second-order valence-electron chi connectivity index (χ2n) is 5.10. The van der Waals surface area contributed by atoms with Crippen LogP contribution in [0.5, 0.6) is 5.75 Å². The van der Waals surface area contributed by atoms with Gasteiger partial charge in [0.25, 0.3) is 5.56 Å². The second kappa shape index (κ2) is 6.17. The van der Waals surface area contributed by atoms with Crippen molar-refractivity contribution in [3.05, 3.63) is 53.0 Å². The van der Waals surface area contributed by atoms with Gasteiger partial charge in [-0.25, -0.2) is 9.37 Å². The molecule has 120 valence electrons. The first kappa shape index (κ1) is 15.2. The van der Waals surface area contributed by atoms with Crippen molar-refractivity contribution in [1.82, 2.24) is 19.3 Å². The molecule has 1 N–H and O–H groups in total. The van der Waals surface area contributed by atoms with Crippen LogP contribution in [-0.2, 0) is 13.6 Å². The average Bonchev–Trinajstić information content (AvgIpc) is 2.91. The minimum absolute atomic E-state index is 0.00881. The van der Waals surface area contributed by atoms with Crippen LogP contribution in [0.1, 0.15) is 0 Å². The van der Waals surface area contributed by atoms with Gasteiger partial charge in [-0.1, -0.05) is 12.1 Å². The average molecular weight is 318 g/mol. The zero-order valence-corrected chi connectivity index (χ0v) is 12.4. The van der Waals surface area contributed by atoms with Gasteiger partial charge in [0.15, 0.2) is 17.2 Å². The Bertz CT molecular complexity index is 890. The Morgan fingerprint density at radius 3 is 2.96 bits per heavy atom. The number of aliphatic hydroxyl groups excluding tert-OH is 1. The molecule has 0 unspecified atom stereocenters. The Hall–Kier alpha value is -2.74. The summed E-state index contributed by atoms with van der Waals surface area (Å²) in [5.74, 6) is -0.449. The Morgan fingerprint density at radius 1 is 1.39 bits per heavy atom. The van der Waals surface area contributed by atoms with Crippen molar-refractivity contribution in [2.24, 2.45) is 7.05 Å². The molecule has 0 aliphatic rings. The lowest BCUT2D eigenvalue weighted by Crippen LogP contribution is -2.30. The predicted molar refractivity (Wildman–Crippen MR) is 80.7 cm³/mol. The van der Waals surface area contributed by atoms with Gasteiger partial charge in [0.2, 0.25) is 0 Å². The van der Waals surface area contributed by atoms with Gasteiger partial charge in [0, 0.05) is 7.05 Å². The summed E-state index contributed by atoms with van der Waals surface area (Å²) in [6.45, 7) is -0.149. The number of aromatic nitrogens is 4. The first-order valence-electron chi connectivity index (χ1n) is 6.99. The van der Waals surface area contributed by atoms with Gasteiger partial charge >= 0.3 is 0 Å². The Morgan fingerprint density at radius 2 is 2.17 bits per heavy atom. The highest BCUT2D eigenvalue weighted by molar-refractivity contribution is 5.72. The molecule has 2 heterocycles. The van der Waals surface area contributed by atoms with E-state index in [4.69, 9.17) is 4.74 Å². The highest BCUT2D eigenvalue weighted by atomic mass is 19.1. The number of aliphatic hydroxyl groups is 1. The van der Waals surface area contributed by atoms with Crippen LogP contribution in [0.25, 0.3) is 11.0 Å². The Balaban J connectivity index is 1.71. The zero-order chi connectivity index (χ0) is 16.4. The largest absolute Gasteiger partial charge is 0.488 e. The number of aryl methyl sites for hydroxylation is 1. The first-order valence-corrected chi connectivity index (χ1v) is 6.99. The summed E-state index contributed by atoms with van der Waals surface area (Å²) >= 11 is 0. The number of hydrogen-bond acceptors (Lipinski definition) is 5. The van der Waals surface area contributed by atoms with E-state index in [0.29, 0.717) is 11.0 Å². The number of halogens is 1. The fourth-order valence-electron chi connectivity index (χ4n) is 2.22. The maximum atomic E-state index is 13.4. The zero-order valence-electron chi connectivity index (χ0n) is 12.4. The van der Waals surface area contributed by atoms with E-state index in [1.54, 1.807) is 19.2 Å². The van der Waals surface area contributed by atoms with Crippen LogP contribution in [0, 0.1) is 5.82 Å². The molecule has 0 aliphatic heterocycles. The van der Waals surface area contributed by atoms with E-state index < -0.39 is 11.9 Å². The number of fused-ring (bicyclic) bond motifs is 1. The van der Waals surface area contributed by atoms with Gasteiger partial charge < -0.3 is 9.84 Å². The minimum atomic E-state index is -0.983. The molecule has 0 fully saturated rings. The fourth-order valence-corrected chi connectivity index (χ4v) is 2.22. The number of hydrogen-bond donors (Lipinski definition) is 1. The molecule has 1 aromatic carbocycles. The lowest BCUT2D eigenvalue weighted by Gasteiger charge is -2.14. The molecular formula is C15H15FN4O3. The van der Waals surface area contributed by atoms with Crippen LogP contribution in [0.4, 0.5) is 4.39 Å². The molecule has 0 amide bonds. The van der Waals surface area contributed by atoms with E-state index in [2.05, 4.69) is 10.1 Å². The van der Waals surface area contributed by atoms with Crippen LogP contribution in [0.3, 0.4) is 0 Å². The van der Waals surface area contributed by atoms with E-state index in [1.807, 2.05) is 0 Å². The quantitative estimate of drug-likeness (QED) is 0.749. The third-order valence-electron chi connectivity index (χ3n) is 3.39. The van der Waals surface area contributed by atoms with Gasteiger partial charge in [0.05, 0.1) is 12.7 Å². The van der Waals surface area contributed by atoms with Crippen LogP contribution in [0.15, 0.2) is 41.6 Å². The molecule has 3 aromatic rings. The Kier molecular flexibility index (Phi) is 4.07. The molecule has 0 aliphatic carbocycles. The Labute approximate surface area is 130 Å². The van der Waals surface area contributed by atoms with E-state index in [-0.39, 0.29) is 24.5 Å². The maximum absolute atomic E-state index is 13.4. The predicted octanol–water partition coefficient (Wildman–Crippen LogP) is 0.709. The molecule has 8 heteroatoms. The topological polar surface area (TPSA) is 82.2 Å². The smallest absolute Gasteiger partial charge is 0.264 e. The molecule has 2 aromatic heterocycles. The number of rotatable bonds is 5. The summed E-state index contributed by atoms with van der Waals surface area (Å²) in [5.41, 5.74) is 0.177. The normalized spacial score (nSPS) is 12.5. The summed E-state index contributed by atoms with van der Waals surface area (Å²) in [7, 11) is 1.69. The van der Waals surface area contributed by atoms with Gasteiger partial charge in [0.1, 0.15) is 24.4 Å². The number of nitrogens with zero attached hydrogens (tertiary/aromatic N) is 4. The minimum Gasteiger partial charge on any atom is -0.488 e. The van der Waals surface area contributed by atoms with Crippen molar-refractivity contribution in [3.8, 4) is 5.75 Å². The molecule has 3 rings (SSSR count). The van der Waals surface area contributed by atoms with Crippen LogP contribution in [0.2, 0.25) is 0 Å². The van der Waals surface area contributed by atoms with Gasteiger partial charge in [-0.15, -0.1) is 0 Å². The molecule has 0 bridgehead atoms. The summed E-state index contributed by atoms with van der Waals surface area (Å²) < 4.78 is 21.4. The fraction of sp³-hybridized carbons (Fsp3) is 0.267. The standard InChI is InChI=1S/C15H15FN4O3/c1-19-14-11(6-18-19)15(22)20(9-17-14)7-10(21)8-23-13-5-3-2-4-12(13)16/h2-6,9-10,21H,7-8H2,1H3/t10-/m1/s1. The number of benzene rings is 1. The van der Waals surface area contributed by atoms with E-state index in [9.17, 15) is 14.3 Å². The van der Waals surface area contributed by atoms with Crippen molar-refractivity contribution in [3.63, 3.8) is 0 Å². The molecule has 23 heavy (non-hydrogen) atoms. The van der Waals surface area contributed by atoms with Gasteiger partial charge in [-0.3, -0.25) is 14.0 Å². The van der Waals surface area contributed by atoms with Crippen LogP contribution < -0.4 is 10.3 Å². The third-order valence-corrected chi connectivity index (χ3v) is 3.39. The molecule has 0 radical (unpaired) electrons. The summed E-state index contributed by atoms with van der Waals surface area (Å²) in [6, 6.07) is 5.92. The highest BCUT2D eigenvalue weighted by Crippen LogP contribution is 2.15. The SMILES string of the molecule is Cn1ncc2c(=O)n(C[C@@H](O)COc3ccccc3F)cnc21. The van der Waals surface area contributed by atoms with Gasteiger partial charge in [-0.05, 0) is 12.1 Å². The van der Waals surface area contributed by atoms with Crippen molar-refractivity contribution < 1.29 is 14.2 Å². The second-order valence-corrected chi connectivity index (χ2v) is 5.10. The van der Waals surface area contributed by atoms with E-state index in [0.717, 1.165) is 0 Å². The van der Waals surface area contributed by atoms with Crippen molar-refractivity contribution in [1.29, 1.82) is 0 Å². The first-order chi connectivity index (χ1) is 11.1. The monoisotopic (exact) mass is 318 g/mol. The molecule has 0 saturated carbocycles. The molecule has 7 nitrogen and oxygen atoms in total. The molecule has 0 spiro atoms. The van der Waals surface area contributed by atoms with Crippen molar-refractivity contribution in [2.75, 3.05) is 6.61 Å². The highest BCUT2D eigenvalue weighted by Gasteiger charge is 2.13. The van der Waals surface area contributed by atoms with Gasteiger partial charge in [-0.2, -0.15) is 5.10 Å². The third kappa shape index (κ3) is 3.07. The summed E-state index contributed by atoms with van der Waals surface area (Å²) in [5, 5.41) is 14.3. The molecule has 0 saturated heterocycles. The summed E-state index contributed by atoms with van der Waals surface area (Å²) in [4.78, 5) is 16.4. The van der Waals surface area contributed by atoms with Crippen molar-refractivity contribution in [2.45, 2.75) is 12.6 Å². The van der Waals surface area contributed by atoms with E-state index >= 15 is 0 Å². The van der Waals surface area contributed by atoms with Crippen LogP contribution in [-0.4, -0.2) is 37.1 Å². The molecule has 1 atom stereocenters. The van der Waals surface area contributed by atoms with Crippen molar-refractivity contribution >= 4 is 11.0 Å². The lowest BCUT2D eigenvalue weighted by molar-refractivity contribution is 0.0895.